The van der Waals surface area contributed by atoms with Crippen LogP contribution in [0, 0.1) is 0 Å². The number of H-pyrrole nitrogens is 1. The molecule has 0 saturated carbocycles. The first-order valence-electron chi connectivity index (χ1n) is 9.85. The number of nitrogens with one attached hydrogen (secondary N) is 2. The number of likely N-dealkylation sites (tertiary alicyclic amines) is 1. The van der Waals surface area contributed by atoms with Crippen LogP contribution in [0.2, 0.25) is 0 Å². The number of hydrogen-bond acceptors (Lipinski definition) is 4. The van der Waals surface area contributed by atoms with E-state index in [1.807, 2.05) is 35.4 Å². The van der Waals surface area contributed by atoms with E-state index in [1.165, 1.54) is 6.92 Å². The second-order valence-electron chi connectivity index (χ2n) is 7.76. The van der Waals surface area contributed by atoms with Gasteiger partial charge < -0.3 is 15.0 Å². The molecule has 0 radical (unpaired) electrons. The first-order chi connectivity index (χ1) is 13.5. The molecule has 4 rings (SSSR count). The van der Waals surface area contributed by atoms with E-state index >= 15 is 0 Å². The highest BCUT2D eigenvalue weighted by molar-refractivity contribution is 5.95. The molecule has 2 N–H and O–H groups in total. The molecular formula is C21H26N4O3. The molecule has 1 spiro atoms. The zero-order chi connectivity index (χ0) is 19.6. The molecule has 2 aromatic rings. The number of nitrogens with zero attached hydrogens (tertiary/aromatic N) is 2. The fraction of sp³-hybridized carbons (Fsp3) is 0.476. The van der Waals surface area contributed by atoms with Gasteiger partial charge in [-0.15, -0.1) is 0 Å². The minimum absolute atomic E-state index is 0.0254. The van der Waals surface area contributed by atoms with Crippen molar-refractivity contribution in [1.29, 1.82) is 0 Å². The predicted octanol–water partition coefficient (Wildman–Crippen LogP) is 2.37. The summed E-state index contributed by atoms with van der Waals surface area (Å²) in [5.41, 5.74) is 2.51. The van der Waals surface area contributed by atoms with Gasteiger partial charge in [0.1, 0.15) is 0 Å². The van der Waals surface area contributed by atoms with E-state index < -0.39 is 0 Å². The lowest BCUT2D eigenvalue weighted by Gasteiger charge is -2.39. The molecule has 2 amide bonds. The quantitative estimate of drug-likeness (QED) is 0.850. The largest absolute Gasteiger partial charge is 0.370 e. The van der Waals surface area contributed by atoms with Crippen molar-refractivity contribution in [3.8, 4) is 11.1 Å². The van der Waals surface area contributed by atoms with E-state index in [2.05, 4.69) is 15.5 Å². The molecule has 148 valence electrons. The summed E-state index contributed by atoms with van der Waals surface area (Å²) in [5, 5.41) is 9.62. The van der Waals surface area contributed by atoms with Gasteiger partial charge in [0.15, 0.2) is 0 Å². The Balaban J connectivity index is 1.36. The number of aromatic amines is 1. The molecule has 7 heteroatoms. The number of carbonyl (C=O) groups is 2. The lowest BCUT2D eigenvalue weighted by molar-refractivity contribution is -0.120. The molecule has 1 atom stereocenters. The van der Waals surface area contributed by atoms with Crippen LogP contribution in [0.4, 0.5) is 0 Å². The van der Waals surface area contributed by atoms with Crippen molar-refractivity contribution >= 4 is 11.8 Å². The highest BCUT2D eigenvalue weighted by Crippen LogP contribution is 2.39. The molecule has 0 aliphatic carbocycles. The van der Waals surface area contributed by atoms with Crippen molar-refractivity contribution in [3.63, 3.8) is 0 Å². The lowest BCUT2D eigenvalue weighted by atomic mass is 9.88. The van der Waals surface area contributed by atoms with E-state index in [4.69, 9.17) is 4.74 Å². The van der Waals surface area contributed by atoms with Crippen molar-refractivity contribution in [2.24, 2.45) is 0 Å². The number of carbonyl (C=O) groups excluding carboxylic acids is 2. The number of amides is 2. The summed E-state index contributed by atoms with van der Waals surface area (Å²) in [7, 11) is 0. The van der Waals surface area contributed by atoms with Crippen LogP contribution in [-0.2, 0) is 9.53 Å². The molecular weight excluding hydrogens is 356 g/mol. The normalized spacial score (nSPS) is 21.0. The van der Waals surface area contributed by atoms with Crippen molar-refractivity contribution in [1.82, 2.24) is 20.4 Å². The summed E-state index contributed by atoms with van der Waals surface area (Å²) in [6, 6.07) is 7.68. The average Bonchev–Trinajstić information content (AvgIpc) is 3.37. The minimum Gasteiger partial charge on any atom is -0.370 e. The molecule has 2 aliphatic rings. The van der Waals surface area contributed by atoms with Gasteiger partial charge in [-0.25, -0.2) is 0 Å². The molecule has 1 unspecified atom stereocenters. The van der Waals surface area contributed by atoms with Gasteiger partial charge in [0.2, 0.25) is 5.91 Å². The molecule has 0 bridgehead atoms. The van der Waals surface area contributed by atoms with Crippen molar-refractivity contribution < 1.29 is 14.3 Å². The monoisotopic (exact) mass is 382 g/mol. The second kappa shape index (κ2) is 7.75. The first kappa shape index (κ1) is 18.7. The van der Waals surface area contributed by atoms with E-state index in [9.17, 15) is 9.59 Å². The summed E-state index contributed by atoms with van der Waals surface area (Å²) in [6.07, 6.45) is 7.30. The van der Waals surface area contributed by atoms with Crippen LogP contribution in [0.1, 0.15) is 43.0 Å². The SMILES string of the molecule is CC(=O)NCC1CCC2(CCN(C(=O)c3cccc(-c4cn[nH]c4)c3)CC2)O1. The molecule has 1 aromatic heterocycles. The summed E-state index contributed by atoms with van der Waals surface area (Å²) in [4.78, 5) is 26.0. The van der Waals surface area contributed by atoms with Gasteiger partial charge in [-0.3, -0.25) is 14.7 Å². The van der Waals surface area contributed by atoms with Crippen molar-refractivity contribution in [2.45, 2.75) is 44.3 Å². The Hall–Kier alpha value is -2.67. The lowest BCUT2D eigenvalue weighted by Crippen LogP contribution is -2.47. The summed E-state index contributed by atoms with van der Waals surface area (Å²) in [6.45, 7) is 3.49. The molecule has 3 heterocycles. The maximum Gasteiger partial charge on any atom is 0.253 e. The van der Waals surface area contributed by atoms with Crippen molar-refractivity contribution in [2.75, 3.05) is 19.6 Å². The smallest absolute Gasteiger partial charge is 0.253 e. The highest BCUT2D eigenvalue weighted by Gasteiger charge is 2.43. The van der Waals surface area contributed by atoms with Crippen LogP contribution in [0.3, 0.4) is 0 Å². The van der Waals surface area contributed by atoms with Crippen LogP contribution < -0.4 is 5.32 Å². The Bertz CT molecular complexity index is 841. The number of piperidine rings is 1. The summed E-state index contributed by atoms with van der Waals surface area (Å²) >= 11 is 0. The predicted molar refractivity (Wildman–Crippen MR) is 105 cm³/mol. The van der Waals surface area contributed by atoms with Gasteiger partial charge >= 0.3 is 0 Å². The Morgan fingerprint density at radius 2 is 2.11 bits per heavy atom. The Morgan fingerprint density at radius 3 is 2.82 bits per heavy atom. The number of rotatable bonds is 4. The molecule has 1 aromatic carbocycles. The summed E-state index contributed by atoms with van der Waals surface area (Å²) < 4.78 is 6.28. The molecule has 28 heavy (non-hydrogen) atoms. The Morgan fingerprint density at radius 1 is 1.29 bits per heavy atom. The van der Waals surface area contributed by atoms with Crippen LogP contribution in [0.25, 0.3) is 11.1 Å². The third-order valence-corrected chi connectivity index (χ3v) is 5.82. The number of aromatic nitrogens is 2. The third-order valence-electron chi connectivity index (χ3n) is 5.82. The van der Waals surface area contributed by atoms with E-state index in [0.29, 0.717) is 25.2 Å². The highest BCUT2D eigenvalue weighted by atomic mass is 16.5. The second-order valence-corrected chi connectivity index (χ2v) is 7.76. The van der Waals surface area contributed by atoms with E-state index in [-0.39, 0.29) is 23.5 Å². The maximum absolute atomic E-state index is 13.0. The standard InChI is InChI=1S/C21H26N4O3/c1-15(26)22-14-19-5-6-21(28-19)7-9-25(10-8-21)20(27)17-4-2-3-16(11-17)18-12-23-24-13-18/h2-4,11-13,19H,5-10,14H2,1H3,(H,22,26)(H,23,24). The van der Waals surface area contributed by atoms with Gasteiger partial charge in [0, 0.05) is 43.9 Å². The van der Waals surface area contributed by atoms with Crippen molar-refractivity contribution in [3.05, 3.63) is 42.2 Å². The van der Waals surface area contributed by atoms with Gasteiger partial charge in [-0.1, -0.05) is 12.1 Å². The molecule has 2 aliphatic heterocycles. The maximum atomic E-state index is 13.0. The van der Waals surface area contributed by atoms with Gasteiger partial charge in [0.05, 0.1) is 17.9 Å². The van der Waals surface area contributed by atoms with Gasteiger partial charge in [0.25, 0.3) is 5.91 Å². The number of benzene rings is 1. The third kappa shape index (κ3) is 3.94. The Kier molecular flexibility index (Phi) is 5.17. The Labute approximate surface area is 164 Å². The van der Waals surface area contributed by atoms with Crippen LogP contribution in [0.15, 0.2) is 36.7 Å². The van der Waals surface area contributed by atoms with Crippen LogP contribution in [-0.4, -0.2) is 58.3 Å². The fourth-order valence-electron chi connectivity index (χ4n) is 4.21. The summed E-state index contributed by atoms with van der Waals surface area (Å²) in [5.74, 6) is 0.0376. The van der Waals surface area contributed by atoms with E-state index in [1.54, 1.807) is 6.20 Å². The zero-order valence-electron chi connectivity index (χ0n) is 16.1. The molecule has 2 fully saturated rings. The molecule has 2 saturated heterocycles. The van der Waals surface area contributed by atoms with Gasteiger partial charge in [-0.05, 0) is 43.4 Å². The average molecular weight is 382 g/mol. The number of ether oxygens (including phenoxy) is 1. The van der Waals surface area contributed by atoms with Gasteiger partial charge in [-0.2, -0.15) is 5.10 Å². The van der Waals surface area contributed by atoms with Crippen LogP contribution in [0.5, 0.6) is 0 Å². The minimum atomic E-state index is -0.140. The topological polar surface area (TPSA) is 87.3 Å². The first-order valence-corrected chi connectivity index (χ1v) is 9.85. The number of hydrogen-bond donors (Lipinski definition) is 2. The van der Waals surface area contributed by atoms with Crippen LogP contribution >= 0.6 is 0 Å². The molecule has 7 nitrogen and oxygen atoms in total. The zero-order valence-corrected chi connectivity index (χ0v) is 16.1. The van der Waals surface area contributed by atoms with E-state index in [0.717, 1.165) is 36.8 Å². The fourth-order valence-corrected chi connectivity index (χ4v) is 4.21.